The van der Waals surface area contributed by atoms with Gasteiger partial charge in [0.05, 0.1) is 22.7 Å². The van der Waals surface area contributed by atoms with Crippen molar-refractivity contribution in [3.05, 3.63) is 82.8 Å². The highest BCUT2D eigenvalue weighted by Crippen LogP contribution is 2.23. The molecule has 0 radical (unpaired) electrons. The quantitative estimate of drug-likeness (QED) is 0.420. The number of nitrogens with zero attached hydrogens (tertiary/aromatic N) is 5. The predicted molar refractivity (Wildman–Crippen MR) is 126 cm³/mol. The first kappa shape index (κ1) is 20.1. The molecule has 160 valence electrons. The number of nitrogens with one attached hydrogen (secondary N) is 1. The number of fused-ring (bicyclic) bond motifs is 3. The van der Waals surface area contributed by atoms with Crippen LogP contribution >= 0.6 is 11.8 Å². The summed E-state index contributed by atoms with van der Waals surface area (Å²) < 4.78 is 5.21. The van der Waals surface area contributed by atoms with Gasteiger partial charge in [0, 0.05) is 7.05 Å². The lowest BCUT2D eigenvalue weighted by molar-refractivity contribution is -0.113. The highest BCUT2D eigenvalue weighted by Gasteiger charge is 2.19. The Balaban J connectivity index is 1.39. The van der Waals surface area contributed by atoms with E-state index in [-0.39, 0.29) is 22.9 Å². The third kappa shape index (κ3) is 3.36. The lowest BCUT2D eigenvalue weighted by Gasteiger charge is -2.07. The number of para-hydroxylation sites is 2. The summed E-state index contributed by atoms with van der Waals surface area (Å²) in [5.41, 5.74) is 3.11. The van der Waals surface area contributed by atoms with Gasteiger partial charge in [0.25, 0.3) is 5.56 Å². The molecule has 8 nitrogen and oxygen atoms in total. The van der Waals surface area contributed by atoms with Gasteiger partial charge in [0.1, 0.15) is 5.69 Å². The Bertz CT molecular complexity index is 1520. The van der Waals surface area contributed by atoms with Gasteiger partial charge in [0.15, 0.2) is 10.8 Å². The molecule has 1 N–H and O–H groups in total. The number of carbonyl (C=O) groups excluding carboxylic acids is 1. The lowest BCUT2D eigenvalue weighted by Crippen LogP contribution is -2.23. The number of hydrogen-bond donors (Lipinski definition) is 1. The minimum absolute atomic E-state index is 0.100. The first-order chi connectivity index (χ1) is 15.5. The zero-order valence-corrected chi connectivity index (χ0v) is 18.3. The zero-order valence-electron chi connectivity index (χ0n) is 17.5. The predicted octanol–water partition coefficient (Wildman–Crippen LogP) is 3.41. The number of benzene rings is 2. The molecule has 0 bridgehead atoms. The molecule has 0 spiro atoms. The molecular formula is C23H20N6O2S. The molecule has 5 rings (SSSR count). The van der Waals surface area contributed by atoms with Gasteiger partial charge in [-0.2, -0.15) is 0 Å². The lowest BCUT2D eigenvalue weighted by atomic mass is 10.2. The van der Waals surface area contributed by atoms with Crippen LogP contribution in [-0.4, -0.2) is 35.6 Å². The summed E-state index contributed by atoms with van der Waals surface area (Å²) in [6, 6.07) is 21.2. The number of pyridine rings is 1. The van der Waals surface area contributed by atoms with Gasteiger partial charge < -0.3 is 5.32 Å². The smallest absolute Gasteiger partial charge is 0.295 e. The van der Waals surface area contributed by atoms with Gasteiger partial charge in [-0.1, -0.05) is 48.2 Å². The average Bonchev–Trinajstić information content (AvgIpc) is 3.33. The van der Waals surface area contributed by atoms with E-state index in [0.29, 0.717) is 10.9 Å². The standard InChI is InChI=1S/C23H20N6O2S/c1-15-21(22(31)29(27(15)2)17-9-4-3-5-10-17)24-20(30)14-32-23-26-25-19-13-12-16-8-6-7-11-18(16)28(19)23/h3-13H,14H2,1-2H3,(H,24,30). The van der Waals surface area contributed by atoms with Gasteiger partial charge in [-0.25, -0.2) is 4.68 Å². The second kappa shape index (κ2) is 8.01. The maximum absolute atomic E-state index is 13.0. The summed E-state index contributed by atoms with van der Waals surface area (Å²) in [6.45, 7) is 1.81. The molecule has 0 aliphatic rings. The summed E-state index contributed by atoms with van der Waals surface area (Å²) >= 11 is 1.28. The molecule has 5 aromatic rings. The molecular weight excluding hydrogens is 424 g/mol. The largest absolute Gasteiger partial charge is 0.319 e. The number of hydrogen-bond acceptors (Lipinski definition) is 5. The topological polar surface area (TPSA) is 86.2 Å². The Kier molecular flexibility index (Phi) is 5.02. The summed E-state index contributed by atoms with van der Waals surface area (Å²) in [6.07, 6.45) is 0. The second-order valence-electron chi connectivity index (χ2n) is 7.34. The van der Waals surface area contributed by atoms with Crippen LogP contribution in [0, 0.1) is 6.92 Å². The highest BCUT2D eigenvalue weighted by atomic mass is 32.2. The van der Waals surface area contributed by atoms with E-state index >= 15 is 0 Å². The zero-order chi connectivity index (χ0) is 22.2. The van der Waals surface area contributed by atoms with E-state index in [1.54, 1.807) is 11.7 Å². The van der Waals surface area contributed by atoms with Crippen LogP contribution in [0.2, 0.25) is 0 Å². The Morgan fingerprint density at radius 2 is 1.75 bits per heavy atom. The van der Waals surface area contributed by atoms with Crippen LogP contribution in [0.4, 0.5) is 5.69 Å². The van der Waals surface area contributed by atoms with Crippen molar-refractivity contribution >= 4 is 39.9 Å². The molecule has 0 atom stereocenters. The number of rotatable bonds is 5. The van der Waals surface area contributed by atoms with E-state index in [9.17, 15) is 9.59 Å². The van der Waals surface area contributed by atoms with Crippen molar-refractivity contribution in [3.8, 4) is 5.69 Å². The van der Waals surface area contributed by atoms with Gasteiger partial charge in [-0.3, -0.25) is 18.7 Å². The van der Waals surface area contributed by atoms with Gasteiger partial charge >= 0.3 is 0 Å². The van der Waals surface area contributed by atoms with E-state index < -0.39 is 0 Å². The first-order valence-corrected chi connectivity index (χ1v) is 11.0. The van der Waals surface area contributed by atoms with E-state index in [2.05, 4.69) is 15.5 Å². The number of amides is 1. The van der Waals surface area contributed by atoms with Crippen molar-refractivity contribution in [1.29, 1.82) is 0 Å². The van der Waals surface area contributed by atoms with Gasteiger partial charge in [0.2, 0.25) is 5.91 Å². The fraction of sp³-hybridized carbons (Fsp3) is 0.130. The molecule has 0 aliphatic heterocycles. The fourth-order valence-corrected chi connectivity index (χ4v) is 4.48. The minimum atomic E-state index is -0.280. The van der Waals surface area contributed by atoms with E-state index in [0.717, 1.165) is 22.2 Å². The van der Waals surface area contributed by atoms with Crippen molar-refractivity contribution < 1.29 is 4.79 Å². The summed E-state index contributed by atoms with van der Waals surface area (Å²) in [7, 11) is 1.79. The van der Waals surface area contributed by atoms with Crippen LogP contribution < -0.4 is 10.9 Å². The number of aromatic nitrogens is 5. The summed E-state index contributed by atoms with van der Waals surface area (Å²) in [5, 5.41) is 12.9. The molecule has 1 amide bonds. The SMILES string of the molecule is Cc1c(NC(=O)CSc2nnc3ccc4ccccc4n23)c(=O)n(-c2ccccc2)n1C. The van der Waals surface area contributed by atoms with Crippen molar-refractivity contribution in [2.75, 3.05) is 11.1 Å². The fourth-order valence-electron chi connectivity index (χ4n) is 3.72. The van der Waals surface area contributed by atoms with Crippen LogP contribution in [0.15, 0.2) is 76.7 Å². The Morgan fingerprint density at radius 3 is 2.56 bits per heavy atom. The van der Waals surface area contributed by atoms with Gasteiger partial charge in [-0.15, -0.1) is 10.2 Å². The molecule has 0 saturated heterocycles. The molecule has 32 heavy (non-hydrogen) atoms. The molecule has 9 heteroatoms. The normalized spacial score (nSPS) is 11.3. The van der Waals surface area contributed by atoms with Crippen LogP contribution in [0.25, 0.3) is 22.2 Å². The number of anilines is 1. The van der Waals surface area contributed by atoms with Gasteiger partial charge in [-0.05, 0) is 42.6 Å². The van der Waals surface area contributed by atoms with Crippen LogP contribution in [0.1, 0.15) is 5.69 Å². The Hall–Kier alpha value is -3.85. The minimum Gasteiger partial charge on any atom is -0.319 e. The van der Waals surface area contributed by atoms with Crippen molar-refractivity contribution in [1.82, 2.24) is 24.0 Å². The van der Waals surface area contributed by atoms with E-state index in [1.807, 2.05) is 78.1 Å². The van der Waals surface area contributed by atoms with Crippen LogP contribution in [0.5, 0.6) is 0 Å². The molecule has 3 heterocycles. The molecule has 0 aliphatic carbocycles. The first-order valence-electron chi connectivity index (χ1n) is 10.0. The average molecular weight is 445 g/mol. The van der Waals surface area contributed by atoms with E-state index in [1.165, 1.54) is 16.4 Å². The molecule has 0 unspecified atom stereocenters. The van der Waals surface area contributed by atoms with Crippen molar-refractivity contribution in [2.24, 2.45) is 7.05 Å². The van der Waals surface area contributed by atoms with Crippen molar-refractivity contribution in [2.45, 2.75) is 12.1 Å². The highest BCUT2D eigenvalue weighted by molar-refractivity contribution is 7.99. The summed E-state index contributed by atoms with van der Waals surface area (Å²) in [5.74, 6) is -0.179. The Morgan fingerprint density at radius 1 is 1.00 bits per heavy atom. The van der Waals surface area contributed by atoms with E-state index in [4.69, 9.17) is 0 Å². The maximum atomic E-state index is 13.0. The van der Waals surface area contributed by atoms with Crippen LogP contribution in [-0.2, 0) is 11.8 Å². The molecule has 0 saturated carbocycles. The monoisotopic (exact) mass is 444 g/mol. The van der Waals surface area contributed by atoms with Crippen LogP contribution in [0.3, 0.4) is 0 Å². The third-order valence-electron chi connectivity index (χ3n) is 5.40. The Labute approximate surface area is 187 Å². The molecule has 2 aromatic carbocycles. The third-order valence-corrected chi connectivity index (χ3v) is 6.33. The maximum Gasteiger partial charge on any atom is 0.295 e. The molecule has 0 fully saturated rings. The second-order valence-corrected chi connectivity index (χ2v) is 8.28. The number of thioether (sulfide) groups is 1. The molecule has 3 aromatic heterocycles. The summed E-state index contributed by atoms with van der Waals surface area (Å²) in [4.78, 5) is 25.7. The van der Waals surface area contributed by atoms with Crippen molar-refractivity contribution in [3.63, 3.8) is 0 Å². The number of carbonyl (C=O) groups is 1.